The summed E-state index contributed by atoms with van der Waals surface area (Å²) in [6.45, 7) is 3.08. The van der Waals surface area contributed by atoms with Gasteiger partial charge in [0.05, 0.1) is 6.10 Å². The van der Waals surface area contributed by atoms with Crippen molar-refractivity contribution in [2.24, 2.45) is 0 Å². The van der Waals surface area contributed by atoms with E-state index >= 15 is 0 Å². The van der Waals surface area contributed by atoms with Crippen LogP contribution in [0, 0.1) is 0 Å². The van der Waals surface area contributed by atoms with E-state index in [1.807, 2.05) is 0 Å². The zero-order valence-corrected chi connectivity index (χ0v) is 8.05. The van der Waals surface area contributed by atoms with Crippen molar-refractivity contribution < 1.29 is 20.4 Å². The number of likely N-dealkylation sites (N-methyl/N-ethyl adjacent to an activating group) is 1. The van der Waals surface area contributed by atoms with E-state index in [0.29, 0.717) is 0 Å². The zero-order chi connectivity index (χ0) is 10.4. The maximum absolute atomic E-state index is 9.77. The van der Waals surface area contributed by atoms with E-state index < -0.39 is 30.1 Å². The molecular weight excluding hydrogens is 174 g/mol. The molecule has 5 nitrogen and oxygen atoms in total. The Morgan fingerprint density at radius 1 is 1.15 bits per heavy atom. The lowest BCUT2D eigenvalue weighted by Gasteiger charge is -2.50. The molecule has 1 aliphatic heterocycles. The highest BCUT2D eigenvalue weighted by atomic mass is 16.4. The van der Waals surface area contributed by atoms with Gasteiger partial charge in [-0.05, 0) is 20.9 Å². The molecule has 0 saturated carbocycles. The molecule has 0 aromatic heterocycles. The van der Waals surface area contributed by atoms with Crippen LogP contribution in [0.4, 0.5) is 0 Å². The number of aliphatic hydroxyl groups is 4. The number of aliphatic hydroxyl groups excluding tert-OH is 3. The summed E-state index contributed by atoms with van der Waals surface area (Å²) in [6.07, 6.45) is -3.70. The van der Waals surface area contributed by atoms with E-state index in [1.165, 1.54) is 11.8 Å². The number of likely N-dealkylation sites (tertiary alicyclic amines) is 1. The Labute approximate surface area is 77.2 Å². The third-order valence-corrected chi connectivity index (χ3v) is 3.05. The third kappa shape index (κ3) is 1.47. The molecule has 0 bridgehead atoms. The minimum Gasteiger partial charge on any atom is -0.389 e. The maximum Gasteiger partial charge on any atom is 0.144 e. The molecule has 78 valence electrons. The largest absolute Gasteiger partial charge is 0.389 e. The lowest BCUT2D eigenvalue weighted by molar-refractivity contribution is -0.258. The lowest BCUT2D eigenvalue weighted by atomic mass is 9.87. The molecular formula is C8H17NO4. The van der Waals surface area contributed by atoms with Crippen LogP contribution in [0.3, 0.4) is 0 Å². The van der Waals surface area contributed by atoms with Crippen molar-refractivity contribution in [3.63, 3.8) is 0 Å². The molecule has 0 spiro atoms. The zero-order valence-electron chi connectivity index (χ0n) is 8.05. The smallest absolute Gasteiger partial charge is 0.144 e. The summed E-state index contributed by atoms with van der Waals surface area (Å²) in [5, 5.41) is 38.1. The highest BCUT2D eigenvalue weighted by Gasteiger charge is 2.50. The van der Waals surface area contributed by atoms with Crippen molar-refractivity contribution >= 4 is 0 Å². The van der Waals surface area contributed by atoms with Gasteiger partial charge in [-0.25, -0.2) is 0 Å². The first-order valence-electron chi connectivity index (χ1n) is 4.29. The van der Waals surface area contributed by atoms with Gasteiger partial charge in [0.1, 0.15) is 17.9 Å². The molecule has 0 aromatic carbocycles. The van der Waals surface area contributed by atoms with Gasteiger partial charge in [0, 0.05) is 6.04 Å². The van der Waals surface area contributed by atoms with Crippen LogP contribution < -0.4 is 0 Å². The summed E-state index contributed by atoms with van der Waals surface area (Å²) >= 11 is 0. The van der Waals surface area contributed by atoms with Crippen LogP contribution in [0.15, 0.2) is 0 Å². The first kappa shape index (κ1) is 10.9. The van der Waals surface area contributed by atoms with E-state index in [1.54, 1.807) is 14.0 Å². The fourth-order valence-corrected chi connectivity index (χ4v) is 1.65. The summed E-state index contributed by atoms with van der Waals surface area (Å²) in [5.41, 5.74) is -1.50. The second-order valence-corrected chi connectivity index (χ2v) is 3.87. The summed E-state index contributed by atoms with van der Waals surface area (Å²) in [4.78, 5) is 1.44. The predicted molar refractivity (Wildman–Crippen MR) is 45.9 cm³/mol. The Bertz CT molecular complexity index is 179. The Kier molecular flexibility index (Phi) is 2.66. The van der Waals surface area contributed by atoms with Crippen LogP contribution in [0.25, 0.3) is 0 Å². The molecule has 1 fully saturated rings. The van der Waals surface area contributed by atoms with Gasteiger partial charge < -0.3 is 20.4 Å². The molecule has 0 aromatic rings. The molecule has 0 radical (unpaired) electrons. The Balaban J connectivity index is 2.93. The molecule has 4 N–H and O–H groups in total. The second-order valence-electron chi connectivity index (χ2n) is 3.87. The molecule has 0 aliphatic carbocycles. The van der Waals surface area contributed by atoms with Crippen molar-refractivity contribution in [3.8, 4) is 0 Å². The number of hydrogen-bond acceptors (Lipinski definition) is 5. The van der Waals surface area contributed by atoms with Crippen molar-refractivity contribution in [2.75, 3.05) is 7.05 Å². The van der Waals surface area contributed by atoms with Crippen LogP contribution in [0.1, 0.15) is 13.8 Å². The summed E-state index contributed by atoms with van der Waals surface area (Å²) in [5.74, 6) is 0. The highest BCUT2D eigenvalue weighted by Crippen LogP contribution is 2.29. The molecule has 1 aliphatic rings. The lowest BCUT2D eigenvalue weighted by Crippen LogP contribution is -2.70. The van der Waals surface area contributed by atoms with E-state index in [4.69, 9.17) is 0 Å². The van der Waals surface area contributed by atoms with Crippen molar-refractivity contribution in [2.45, 2.75) is 43.9 Å². The van der Waals surface area contributed by atoms with Gasteiger partial charge in [-0.2, -0.15) is 0 Å². The van der Waals surface area contributed by atoms with Gasteiger partial charge in [0.2, 0.25) is 0 Å². The third-order valence-electron chi connectivity index (χ3n) is 3.05. The molecule has 0 unspecified atom stereocenters. The summed E-state index contributed by atoms with van der Waals surface area (Å²) in [7, 11) is 1.59. The van der Waals surface area contributed by atoms with Gasteiger partial charge in [-0.3, -0.25) is 4.90 Å². The topological polar surface area (TPSA) is 84.2 Å². The number of nitrogens with zero attached hydrogens (tertiary/aromatic N) is 1. The first-order valence-corrected chi connectivity index (χ1v) is 4.29. The van der Waals surface area contributed by atoms with E-state index in [2.05, 4.69) is 0 Å². The average molecular weight is 191 g/mol. The monoisotopic (exact) mass is 191 g/mol. The Morgan fingerprint density at radius 2 is 1.62 bits per heavy atom. The second kappa shape index (κ2) is 3.18. The minimum atomic E-state index is -1.50. The van der Waals surface area contributed by atoms with E-state index in [-0.39, 0.29) is 0 Å². The first-order chi connectivity index (χ1) is 5.80. The standard InChI is InChI=1S/C8H17NO4/c1-4-5(10)6(11)7(12)8(2,13)9(4)3/h4-7,10-13H,1-3H3/t4-,5-,6-,7+,8-/m1/s1. The van der Waals surface area contributed by atoms with Gasteiger partial charge in [0.25, 0.3) is 0 Å². The van der Waals surface area contributed by atoms with Crippen LogP contribution >= 0.6 is 0 Å². The Hall–Kier alpha value is -0.200. The molecule has 5 heteroatoms. The van der Waals surface area contributed by atoms with Gasteiger partial charge in [0.15, 0.2) is 0 Å². The summed E-state index contributed by atoms with van der Waals surface area (Å²) < 4.78 is 0. The molecule has 1 heterocycles. The molecule has 5 atom stereocenters. The van der Waals surface area contributed by atoms with Crippen LogP contribution in [-0.2, 0) is 0 Å². The van der Waals surface area contributed by atoms with Crippen LogP contribution in [-0.4, -0.2) is 62.5 Å². The predicted octanol–water partition coefficient (Wildman–Crippen LogP) is -1.89. The fraction of sp³-hybridized carbons (Fsp3) is 1.00. The molecule has 13 heavy (non-hydrogen) atoms. The fourth-order valence-electron chi connectivity index (χ4n) is 1.65. The van der Waals surface area contributed by atoms with Crippen molar-refractivity contribution in [1.82, 2.24) is 4.90 Å². The van der Waals surface area contributed by atoms with Gasteiger partial charge >= 0.3 is 0 Å². The molecule has 0 amide bonds. The Morgan fingerprint density at radius 3 is 2.08 bits per heavy atom. The van der Waals surface area contributed by atoms with E-state index in [9.17, 15) is 20.4 Å². The highest BCUT2D eigenvalue weighted by molar-refractivity contribution is 4.99. The number of piperidine rings is 1. The minimum absolute atomic E-state index is 0.395. The van der Waals surface area contributed by atoms with Crippen molar-refractivity contribution in [3.05, 3.63) is 0 Å². The van der Waals surface area contributed by atoms with E-state index in [0.717, 1.165) is 0 Å². The SMILES string of the molecule is C[C@@H]1[C@@H](O)[C@@H](O)[C@H](O)[C@@](C)(O)N1C. The van der Waals surface area contributed by atoms with Crippen molar-refractivity contribution in [1.29, 1.82) is 0 Å². The molecule has 1 rings (SSSR count). The molecule has 1 saturated heterocycles. The average Bonchev–Trinajstić information content (AvgIpc) is 2.09. The summed E-state index contributed by atoms with van der Waals surface area (Å²) in [6, 6.07) is -0.395. The normalized spacial score (nSPS) is 53.8. The van der Waals surface area contributed by atoms with Crippen LogP contribution in [0.2, 0.25) is 0 Å². The van der Waals surface area contributed by atoms with Gasteiger partial charge in [-0.15, -0.1) is 0 Å². The number of hydrogen-bond donors (Lipinski definition) is 4. The number of rotatable bonds is 0. The maximum atomic E-state index is 9.77. The quantitative estimate of drug-likeness (QED) is 0.360. The van der Waals surface area contributed by atoms with Gasteiger partial charge in [-0.1, -0.05) is 0 Å². The van der Waals surface area contributed by atoms with Crippen LogP contribution in [0.5, 0.6) is 0 Å².